The number of likely N-dealkylation sites (tertiary alicyclic amines) is 1. The van der Waals surface area contributed by atoms with Crippen LogP contribution in [0.3, 0.4) is 0 Å². The van der Waals surface area contributed by atoms with Crippen LogP contribution in [0.15, 0.2) is 39.5 Å². The van der Waals surface area contributed by atoms with Crippen LogP contribution in [0, 0.1) is 10.1 Å². The Morgan fingerprint density at radius 1 is 1.28 bits per heavy atom. The van der Waals surface area contributed by atoms with Crippen molar-refractivity contribution >= 4 is 40.7 Å². The Morgan fingerprint density at radius 2 is 2.00 bits per heavy atom. The number of rotatable bonds is 4. The van der Waals surface area contributed by atoms with Gasteiger partial charge in [-0.15, -0.1) is 12.4 Å². The molecular weight excluding hydrogens is 463 g/mol. The second kappa shape index (κ2) is 8.95. The molecule has 1 saturated heterocycles. The van der Waals surface area contributed by atoms with Crippen molar-refractivity contribution in [3.05, 3.63) is 61.3 Å². The van der Waals surface area contributed by atoms with E-state index in [2.05, 4.69) is 0 Å². The van der Waals surface area contributed by atoms with E-state index in [1.54, 1.807) is 0 Å². The number of nitro groups is 1. The van der Waals surface area contributed by atoms with E-state index >= 15 is 0 Å². The van der Waals surface area contributed by atoms with Crippen molar-refractivity contribution in [3.63, 3.8) is 0 Å². The third-order valence-corrected chi connectivity index (χ3v) is 6.22. The number of nitro benzene ring substituents is 1. The number of aliphatic hydroxyl groups is 1. The molecule has 3 N–H and O–H groups in total. The molecule has 0 spiro atoms. The second-order valence-corrected chi connectivity index (χ2v) is 7.91. The maximum absolute atomic E-state index is 12.9. The van der Waals surface area contributed by atoms with Gasteiger partial charge in [-0.25, -0.2) is 0 Å². The Bertz CT molecular complexity index is 1260. The molecule has 3 aromatic rings. The lowest BCUT2D eigenvalue weighted by Crippen LogP contribution is -2.32. The summed E-state index contributed by atoms with van der Waals surface area (Å²) in [7, 11) is 1.84. The van der Waals surface area contributed by atoms with Crippen LogP contribution in [-0.4, -0.2) is 51.4 Å². The smallest absolute Gasteiger partial charge is 0.288 e. The van der Waals surface area contributed by atoms with Gasteiger partial charge in [-0.3, -0.25) is 14.9 Å². The van der Waals surface area contributed by atoms with Gasteiger partial charge in [0.25, 0.3) is 5.69 Å². The first-order valence-corrected chi connectivity index (χ1v) is 9.89. The van der Waals surface area contributed by atoms with Gasteiger partial charge in [-0.1, -0.05) is 17.7 Å². The Kier molecular flexibility index (Phi) is 6.66. The lowest BCUT2D eigenvalue weighted by Gasteiger charge is -2.24. The van der Waals surface area contributed by atoms with Gasteiger partial charge in [0.15, 0.2) is 5.43 Å². The first kappa shape index (κ1) is 23.8. The number of hydrogen-bond donors (Lipinski definition) is 3. The van der Waals surface area contributed by atoms with E-state index in [0.717, 1.165) is 12.1 Å². The average molecular weight is 483 g/mol. The molecule has 9 nitrogen and oxygen atoms in total. The lowest BCUT2D eigenvalue weighted by molar-refractivity contribution is -0.384. The number of benzene rings is 2. The molecule has 170 valence electrons. The van der Waals surface area contributed by atoms with Crippen molar-refractivity contribution in [2.24, 2.45) is 0 Å². The molecule has 2 unspecified atom stereocenters. The fraction of sp³-hybridized carbons (Fsp3) is 0.286. The second-order valence-electron chi connectivity index (χ2n) is 7.53. The van der Waals surface area contributed by atoms with E-state index < -0.39 is 16.1 Å². The summed E-state index contributed by atoms with van der Waals surface area (Å²) in [6.45, 7) is 0.474. The Balaban J connectivity index is 0.00000289. The van der Waals surface area contributed by atoms with Crippen LogP contribution in [-0.2, 0) is 0 Å². The van der Waals surface area contributed by atoms with Gasteiger partial charge in [-0.05, 0) is 26.1 Å². The Labute approximate surface area is 193 Å². The zero-order valence-electron chi connectivity index (χ0n) is 16.8. The molecule has 2 heterocycles. The van der Waals surface area contributed by atoms with Gasteiger partial charge in [0.1, 0.15) is 33.3 Å². The van der Waals surface area contributed by atoms with E-state index in [9.17, 15) is 30.2 Å². The number of aliphatic hydroxyl groups excluding tert-OH is 1. The van der Waals surface area contributed by atoms with Crippen LogP contribution in [0.5, 0.6) is 11.5 Å². The molecule has 0 aliphatic carbocycles. The summed E-state index contributed by atoms with van der Waals surface area (Å²) in [6, 6.07) is 5.97. The fourth-order valence-electron chi connectivity index (χ4n) is 4.28. The summed E-state index contributed by atoms with van der Waals surface area (Å²) >= 11 is 6.19. The predicted molar refractivity (Wildman–Crippen MR) is 121 cm³/mol. The summed E-state index contributed by atoms with van der Waals surface area (Å²) in [4.78, 5) is 25.4. The molecule has 1 fully saturated rings. The topological polar surface area (TPSA) is 137 Å². The minimum atomic E-state index is -0.645. The summed E-state index contributed by atoms with van der Waals surface area (Å²) in [5.74, 6) is -1.12. The molecule has 4 rings (SSSR count). The summed E-state index contributed by atoms with van der Waals surface area (Å²) in [6.07, 6.45) is 0.584. The first-order chi connectivity index (χ1) is 14.7. The van der Waals surface area contributed by atoms with Crippen LogP contribution in [0.4, 0.5) is 5.69 Å². The standard InChI is InChI=1S/C21H19ClN2O7.ClH/c1-23-6-5-10(13(23)9-25)18-14(26)7-15(27)19-16(28)8-17(31-21(18)19)11-3-2-4-12(20(11)22)24(29)30;/h2-4,7-8,10,13,25-27H,5-6,9H2,1H3;1H. The number of likely N-dealkylation sites (N-methyl/N-ethyl adjacent to an activating group) is 1. The van der Waals surface area contributed by atoms with Crippen molar-refractivity contribution < 1.29 is 24.7 Å². The zero-order chi connectivity index (χ0) is 22.4. The molecule has 2 atom stereocenters. The molecule has 1 aromatic heterocycles. The van der Waals surface area contributed by atoms with E-state index in [0.29, 0.717) is 13.0 Å². The van der Waals surface area contributed by atoms with Gasteiger partial charge in [0.2, 0.25) is 0 Å². The average Bonchev–Trinajstić information content (AvgIpc) is 3.07. The quantitative estimate of drug-likeness (QED) is 0.378. The number of hydrogen-bond acceptors (Lipinski definition) is 8. The van der Waals surface area contributed by atoms with Crippen LogP contribution in [0.25, 0.3) is 22.3 Å². The molecule has 0 saturated carbocycles. The van der Waals surface area contributed by atoms with Crippen LogP contribution in [0.1, 0.15) is 17.9 Å². The lowest BCUT2D eigenvalue weighted by atomic mass is 9.89. The van der Waals surface area contributed by atoms with E-state index in [1.165, 1.54) is 18.2 Å². The number of nitrogens with zero attached hydrogens (tertiary/aromatic N) is 2. The van der Waals surface area contributed by atoms with Gasteiger partial charge in [0.05, 0.1) is 11.5 Å². The molecule has 11 heteroatoms. The maximum atomic E-state index is 12.9. The largest absolute Gasteiger partial charge is 0.507 e. The highest BCUT2D eigenvalue weighted by Gasteiger charge is 2.36. The van der Waals surface area contributed by atoms with Gasteiger partial charge in [-0.2, -0.15) is 0 Å². The molecule has 0 bridgehead atoms. The van der Waals surface area contributed by atoms with Crippen molar-refractivity contribution in [1.82, 2.24) is 4.90 Å². The van der Waals surface area contributed by atoms with E-state index in [4.69, 9.17) is 16.0 Å². The Morgan fingerprint density at radius 3 is 2.66 bits per heavy atom. The SMILES string of the molecule is CN1CCC(c2c(O)cc(O)c3c(=O)cc(-c4cccc([N+](=O)[O-])c4Cl)oc23)C1CO.Cl. The van der Waals surface area contributed by atoms with E-state index in [1.807, 2.05) is 11.9 Å². The molecule has 1 aliphatic heterocycles. The third kappa shape index (κ3) is 3.77. The number of phenolic OH excluding ortho intramolecular Hbond substituents is 2. The highest BCUT2D eigenvalue weighted by Crippen LogP contribution is 2.45. The third-order valence-electron chi connectivity index (χ3n) is 5.82. The molecule has 2 aromatic carbocycles. The molecule has 0 amide bonds. The molecular formula is C21H20Cl2N2O7. The minimum absolute atomic E-state index is 0. The van der Waals surface area contributed by atoms with Crippen LogP contribution >= 0.6 is 24.0 Å². The maximum Gasteiger partial charge on any atom is 0.288 e. The predicted octanol–water partition coefficient (Wildman–Crippen LogP) is 3.63. The highest BCUT2D eigenvalue weighted by molar-refractivity contribution is 6.35. The molecule has 0 radical (unpaired) electrons. The summed E-state index contributed by atoms with van der Waals surface area (Å²) < 4.78 is 5.95. The van der Waals surface area contributed by atoms with Crippen molar-refractivity contribution in [1.29, 1.82) is 0 Å². The zero-order valence-corrected chi connectivity index (χ0v) is 18.4. The van der Waals surface area contributed by atoms with Gasteiger partial charge >= 0.3 is 0 Å². The fourth-order valence-corrected chi connectivity index (χ4v) is 4.56. The number of aromatic hydroxyl groups is 2. The highest BCUT2D eigenvalue weighted by atomic mass is 35.5. The van der Waals surface area contributed by atoms with Gasteiger partial charge < -0.3 is 24.6 Å². The summed E-state index contributed by atoms with van der Waals surface area (Å²) in [5.41, 5.74) is -0.563. The van der Waals surface area contributed by atoms with Crippen molar-refractivity contribution in [2.75, 3.05) is 20.2 Å². The number of fused-ring (bicyclic) bond motifs is 1. The molecule has 1 aliphatic rings. The Hall–Kier alpha value is -2.85. The first-order valence-electron chi connectivity index (χ1n) is 9.51. The summed E-state index contributed by atoms with van der Waals surface area (Å²) in [5, 5.41) is 41.7. The van der Waals surface area contributed by atoms with Crippen molar-refractivity contribution in [3.8, 4) is 22.8 Å². The van der Waals surface area contributed by atoms with Crippen LogP contribution < -0.4 is 5.43 Å². The normalized spacial score (nSPS) is 18.6. The van der Waals surface area contributed by atoms with Gasteiger partial charge in [0, 0.05) is 41.3 Å². The van der Waals surface area contributed by atoms with Crippen molar-refractivity contribution in [2.45, 2.75) is 18.4 Å². The number of phenols is 2. The molecule has 32 heavy (non-hydrogen) atoms. The van der Waals surface area contributed by atoms with Crippen LogP contribution in [0.2, 0.25) is 5.02 Å². The minimum Gasteiger partial charge on any atom is -0.507 e. The number of halogens is 2. The monoisotopic (exact) mass is 482 g/mol. The van der Waals surface area contributed by atoms with E-state index in [-0.39, 0.29) is 75.3 Å².